The van der Waals surface area contributed by atoms with Gasteiger partial charge in [-0.3, -0.25) is 0 Å². The average molecular weight is 212 g/mol. The van der Waals surface area contributed by atoms with Gasteiger partial charge in [0.15, 0.2) is 0 Å². The quantitative estimate of drug-likeness (QED) is 0.694. The Labute approximate surface area is 98.7 Å². The molecular weight excluding hydrogens is 192 g/mol. The third-order valence-electron chi connectivity index (χ3n) is 3.46. The monoisotopic (exact) mass is 212 g/mol. The Hall–Kier alpha value is -1.30. The Balaban J connectivity index is 1.90. The maximum Gasteiger partial charge on any atom is -0.0165 e. The zero-order chi connectivity index (χ0) is 11.4. The Morgan fingerprint density at radius 1 is 1.12 bits per heavy atom. The minimum atomic E-state index is 0.756. The molecule has 1 aliphatic rings. The maximum absolute atomic E-state index is 2.28. The highest BCUT2D eigenvalue weighted by Crippen LogP contribution is 2.24. The van der Waals surface area contributed by atoms with Crippen molar-refractivity contribution < 1.29 is 0 Å². The van der Waals surface area contributed by atoms with E-state index in [0.29, 0.717) is 0 Å². The highest BCUT2D eigenvalue weighted by atomic mass is 14.2. The summed E-state index contributed by atoms with van der Waals surface area (Å²) in [5.41, 5.74) is 4.35. The standard InChI is InChI=1S/C16H20/c1-13-7-9-15(10-8-13)11-12-16-6-4-3-5-14(16)2/h3-5,7-10,16H,6,11-12H2,1-2H3. The van der Waals surface area contributed by atoms with Crippen LogP contribution < -0.4 is 0 Å². The smallest absolute Gasteiger partial charge is 0.0165 e. The normalized spacial score (nSPS) is 19.6. The lowest BCUT2D eigenvalue weighted by Crippen LogP contribution is -2.05. The van der Waals surface area contributed by atoms with Crippen molar-refractivity contribution in [3.8, 4) is 0 Å². The predicted molar refractivity (Wildman–Crippen MR) is 70.5 cm³/mol. The summed E-state index contributed by atoms with van der Waals surface area (Å²) in [4.78, 5) is 0. The third kappa shape index (κ3) is 2.85. The number of allylic oxidation sites excluding steroid dienone is 4. The summed E-state index contributed by atoms with van der Waals surface area (Å²) in [6.07, 6.45) is 10.4. The van der Waals surface area contributed by atoms with Crippen LogP contribution in [0.25, 0.3) is 0 Å². The summed E-state index contributed by atoms with van der Waals surface area (Å²) < 4.78 is 0. The van der Waals surface area contributed by atoms with E-state index in [1.54, 1.807) is 0 Å². The second-order valence-electron chi connectivity index (χ2n) is 4.80. The maximum atomic E-state index is 2.28. The minimum absolute atomic E-state index is 0.756. The molecule has 2 rings (SSSR count). The summed E-state index contributed by atoms with van der Waals surface area (Å²) >= 11 is 0. The largest absolute Gasteiger partial charge is 0.0839 e. The first-order valence-electron chi connectivity index (χ1n) is 6.14. The molecule has 1 aromatic carbocycles. The molecule has 1 aliphatic carbocycles. The summed E-state index contributed by atoms with van der Waals surface area (Å²) in [5.74, 6) is 0.756. The van der Waals surface area contributed by atoms with Gasteiger partial charge in [-0.05, 0) is 44.6 Å². The number of hydrogen-bond acceptors (Lipinski definition) is 0. The molecule has 84 valence electrons. The van der Waals surface area contributed by atoms with E-state index >= 15 is 0 Å². The molecule has 0 fully saturated rings. The van der Waals surface area contributed by atoms with E-state index in [0.717, 1.165) is 5.92 Å². The molecular formula is C16H20. The van der Waals surface area contributed by atoms with E-state index in [1.165, 1.54) is 36.0 Å². The number of rotatable bonds is 3. The van der Waals surface area contributed by atoms with Crippen molar-refractivity contribution in [2.24, 2.45) is 5.92 Å². The summed E-state index contributed by atoms with van der Waals surface area (Å²) in [7, 11) is 0. The summed E-state index contributed by atoms with van der Waals surface area (Å²) in [5, 5.41) is 0. The lowest BCUT2D eigenvalue weighted by molar-refractivity contribution is 0.562. The van der Waals surface area contributed by atoms with Crippen LogP contribution in [0.1, 0.15) is 30.9 Å². The number of hydrogen-bond donors (Lipinski definition) is 0. The molecule has 0 spiro atoms. The predicted octanol–water partition coefficient (Wildman–Crippen LogP) is 4.45. The summed E-state index contributed by atoms with van der Waals surface area (Å²) in [6.45, 7) is 4.39. The van der Waals surface area contributed by atoms with Crippen molar-refractivity contribution in [1.29, 1.82) is 0 Å². The molecule has 0 heteroatoms. The van der Waals surface area contributed by atoms with Gasteiger partial charge >= 0.3 is 0 Å². The van der Waals surface area contributed by atoms with Crippen molar-refractivity contribution >= 4 is 0 Å². The highest BCUT2D eigenvalue weighted by Gasteiger charge is 2.11. The van der Waals surface area contributed by atoms with Gasteiger partial charge in [-0.25, -0.2) is 0 Å². The van der Waals surface area contributed by atoms with Crippen LogP contribution >= 0.6 is 0 Å². The van der Waals surface area contributed by atoms with E-state index in [9.17, 15) is 0 Å². The molecule has 0 heterocycles. The molecule has 0 radical (unpaired) electrons. The van der Waals surface area contributed by atoms with Gasteiger partial charge in [0.05, 0.1) is 0 Å². The van der Waals surface area contributed by atoms with Crippen LogP contribution in [0.2, 0.25) is 0 Å². The van der Waals surface area contributed by atoms with Gasteiger partial charge in [-0.1, -0.05) is 53.6 Å². The van der Waals surface area contributed by atoms with Gasteiger partial charge in [0.25, 0.3) is 0 Å². The molecule has 0 saturated carbocycles. The Morgan fingerprint density at radius 2 is 1.88 bits per heavy atom. The number of aryl methyl sites for hydroxylation is 2. The van der Waals surface area contributed by atoms with Gasteiger partial charge in [-0.15, -0.1) is 0 Å². The number of benzene rings is 1. The van der Waals surface area contributed by atoms with E-state index in [1.807, 2.05) is 0 Å². The Bertz CT molecular complexity index is 393. The second-order valence-corrected chi connectivity index (χ2v) is 4.80. The molecule has 0 amide bonds. The topological polar surface area (TPSA) is 0 Å². The molecule has 16 heavy (non-hydrogen) atoms. The van der Waals surface area contributed by atoms with Crippen molar-refractivity contribution in [1.82, 2.24) is 0 Å². The van der Waals surface area contributed by atoms with Gasteiger partial charge in [0, 0.05) is 0 Å². The molecule has 1 aromatic rings. The fourth-order valence-corrected chi connectivity index (χ4v) is 2.23. The van der Waals surface area contributed by atoms with Crippen LogP contribution in [-0.2, 0) is 6.42 Å². The van der Waals surface area contributed by atoms with Crippen LogP contribution in [0.5, 0.6) is 0 Å². The highest BCUT2D eigenvalue weighted by molar-refractivity contribution is 5.23. The van der Waals surface area contributed by atoms with Crippen molar-refractivity contribution in [2.75, 3.05) is 0 Å². The first-order valence-corrected chi connectivity index (χ1v) is 6.14. The first kappa shape index (κ1) is 11.2. The lowest BCUT2D eigenvalue weighted by Gasteiger charge is -2.18. The van der Waals surface area contributed by atoms with Crippen molar-refractivity contribution in [3.05, 3.63) is 59.2 Å². The average Bonchev–Trinajstić information content (AvgIpc) is 2.30. The molecule has 0 nitrogen and oxygen atoms in total. The van der Waals surface area contributed by atoms with E-state index in [-0.39, 0.29) is 0 Å². The molecule has 0 aromatic heterocycles. The van der Waals surface area contributed by atoms with E-state index in [4.69, 9.17) is 0 Å². The Kier molecular flexibility index (Phi) is 3.61. The van der Waals surface area contributed by atoms with E-state index < -0.39 is 0 Å². The van der Waals surface area contributed by atoms with Crippen LogP contribution in [0.4, 0.5) is 0 Å². The second kappa shape index (κ2) is 5.16. The molecule has 0 N–H and O–H groups in total. The van der Waals surface area contributed by atoms with Crippen LogP contribution in [0, 0.1) is 12.8 Å². The van der Waals surface area contributed by atoms with Gasteiger partial charge in [0.2, 0.25) is 0 Å². The van der Waals surface area contributed by atoms with Crippen LogP contribution in [0.3, 0.4) is 0 Å². The van der Waals surface area contributed by atoms with Gasteiger partial charge in [-0.2, -0.15) is 0 Å². The van der Waals surface area contributed by atoms with Gasteiger partial charge in [0.1, 0.15) is 0 Å². The molecule has 0 bridgehead atoms. The third-order valence-corrected chi connectivity index (χ3v) is 3.46. The Morgan fingerprint density at radius 3 is 2.56 bits per heavy atom. The van der Waals surface area contributed by atoms with Crippen LogP contribution in [-0.4, -0.2) is 0 Å². The molecule has 1 unspecified atom stereocenters. The molecule has 0 saturated heterocycles. The summed E-state index contributed by atoms with van der Waals surface area (Å²) in [6, 6.07) is 8.93. The fourth-order valence-electron chi connectivity index (χ4n) is 2.23. The van der Waals surface area contributed by atoms with Crippen molar-refractivity contribution in [3.63, 3.8) is 0 Å². The fraction of sp³-hybridized carbons (Fsp3) is 0.375. The van der Waals surface area contributed by atoms with Crippen molar-refractivity contribution in [2.45, 2.75) is 33.1 Å². The zero-order valence-electron chi connectivity index (χ0n) is 10.2. The molecule has 1 atom stereocenters. The van der Waals surface area contributed by atoms with E-state index in [2.05, 4.69) is 56.3 Å². The SMILES string of the molecule is CC1=CC=CCC1CCc1ccc(C)cc1. The first-order chi connectivity index (χ1) is 7.75. The van der Waals surface area contributed by atoms with Gasteiger partial charge < -0.3 is 0 Å². The van der Waals surface area contributed by atoms with Crippen LogP contribution in [0.15, 0.2) is 48.1 Å². The zero-order valence-corrected chi connectivity index (χ0v) is 10.2. The molecule has 0 aliphatic heterocycles. The minimum Gasteiger partial charge on any atom is -0.0839 e. The lowest BCUT2D eigenvalue weighted by atomic mass is 9.87.